The second-order valence-electron chi connectivity index (χ2n) is 5.45. The van der Waals surface area contributed by atoms with Crippen LogP contribution in [0.2, 0.25) is 0 Å². The van der Waals surface area contributed by atoms with E-state index in [-0.39, 0.29) is 24.3 Å². The van der Waals surface area contributed by atoms with E-state index in [0.29, 0.717) is 12.1 Å². The van der Waals surface area contributed by atoms with Crippen LogP contribution in [-0.2, 0) is 35.6 Å². The van der Waals surface area contributed by atoms with Crippen molar-refractivity contribution in [3.63, 3.8) is 0 Å². The molecule has 1 aromatic carbocycles. The highest BCUT2D eigenvalue weighted by Gasteiger charge is 2.31. The van der Waals surface area contributed by atoms with Crippen molar-refractivity contribution in [3.05, 3.63) is 51.4 Å². The molecule has 0 aliphatic heterocycles. The molecule has 0 radical (unpaired) electrons. The zero-order valence-electron chi connectivity index (χ0n) is 14.2. The number of nitrogens with zero attached hydrogens (tertiary/aromatic N) is 2. The van der Waals surface area contributed by atoms with Crippen LogP contribution in [-0.4, -0.2) is 21.9 Å². The Morgan fingerprint density at radius 2 is 1.92 bits per heavy atom. The van der Waals surface area contributed by atoms with E-state index in [1.54, 1.807) is 20.9 Å². The lowest BCUT2D eigenvalue weighted by Gasteiger charge is -2.12. The van der Waals surface area contributed by atoms with E-state index in [4.69, 9.17) is 4.74 Å². The maximum absolute atomic E-state index is 12.9. The van der Waals surface area contributed by atoms with Crippen LogP contribution in [0.1, 0.15) is 30.7 Å². The third kappa shape index (κ3) is 3.78. The zero-order chi connectivity index (χ0) is 18.8. The van der Waals surface area contributed by atoms with E-state index in [1.807, 2.05) is 0 Å². The lowest BCUT2D eigenvalue weighted by atomic mass is 10.1. The number of esters is 1. The maximum atomic E-state index is 12.9. The Morgan fingerprint density at radius 3 is 2.48 bits per heavy atom. The number of carbonyl (C=O) groups is 1. The van der Waals surface area contributed by atoms with Crippen LogP contribution >= 0.6 is 0 Å². The molecule has 0 atom stereocenters. The van der Waals surface area contributed by atoms with Crippen LogP contribution in [0.5, 0.6) is 0 Å². The molecule has 2 rings (SSSR count). The van der Waals surface area contributed by atoms with Crippen molar-refractivity contribution < 1.29 is 22.7 Å². The first kappa shape index (κ1) is 18.8. The average molecular weight is 356 g/mol. The monoisotopic (exact) mass is 356 g/mol. The number of carbonyl (C=O) groups excluding carboxylic acids is 1. The SMILES string of the molecule is CCOC(=O)Cc1c(CC)n(C)n(-c2cccc(C(F)(F)F)c2)c1=O. The molecule has 1 aromatic heterocycles. The third-order valence-electron chi connectivity index (χ3n) is 3.87. The van der Waals surface area contributed by atoms with Gasteiger partial charge in [-0.05, 0) is 31.5 Å². The minimum Gasteiger partial charge on any atom is -0.466 e. The van der Waals surface area contributed by atoms with Crippen LogP contribution in [0.15, 0.2) is 29.1 Å². The van der Waals surface area contributed by atoms with Gasteiger partial charge in [0.15, 0.2) is 0 Å². The molecule has 0 unspecified atom stereocenters. The van der Waals surface area contributed by atoms with E-state index >= 15 is 0 Å². The van der Waals surface area contributed by atoms with Crippen LogP contribution in [0.3, 0.4) is 0 Å². The molecule has 0 fully saturated rings. The van der Waals surface area contributed by atoms with Crippen LogP contribution in [0.4, 0.5) is 13.2 Å². The van der Waals surface area contributed by atoms with Crippen molar-refractivity contribution in [2.45, 2.75) is 32.9 Å². The van der Waals surface area contributed by atoms with Gasteiger partial charge in [0.25, 0.3) is 5.56 Å². The standard InChI is InChI=1S/C17H19F3N2O3/c1-4-14-13(10-15(23)25-5-2)16(24)22(21(14)3)12-8-6-7-11(9-12)17(18,19)20/h6-9H,4-5,10H2,1-3H3. The molecule has 0 bridgehead atoms. The Hall–Kier alpha value is -2.51. The van der Waals surface area contributed by atoms with Gasteiger partial charge in [-0.3, -0.25) is 14.3 Å². The van der Waals surface area contributed by atoms with Crippen LogP contribution in [0, 0.1) is 0 Å². The van der Waals surface area contributed by atoms with Crippen LogP contribution < -0.4 is 5.56 Å². The number of benzene rings is 1. The van der Waals surface area contributed by atoms with Gasteiger partial charge < -0.3 is 4.74 Å². The molecule has 0 N–H and O–H groups in total. The first-order valence-electron chi connectivity index (χ1n) is 7.83. The summed E-state index contributed by atoms with van der Waals surface area (Å²) in [6.45, 7) is 3.65. The summed E-state index contributed by atoms with van der Waals surface area (Å²) in [6.07, 6.45) is -4.27. The van der Waals surface area contributed by atoms with Gasteiger partial charge in [-0.15, -0.1) is 0 Å². The maximum Gasteiger partial charge on any atom is 0.416 e. The quantitative estimate of drug-likeness (QED) is 0.774. The first-order valence-corrected chi connectivity index (χ1v) is 7.83. The summed E-state index contributed by atoms with van der Waals surface area (Å²) in [6, 6.07) is 4.52. The van der Waals surface area contributed by atoms with Gasteiger partial charge in [0.1, 0.15) is 0 Å². The zero-order valence-corrected chi connectivity index (χ0v) is 14.2. The van der Waals surface area contributed by atoms with Crippen LogP contribution in [0.25, 0.3) is 5.69 Å². The highest BCUT2D eigenvalue weighted by molar-refractivity contribution is 5.72. The van der Waals surface area contributed by atoms with Gasteiger partial charge in [0.2, 0.25) is 0 Å². The van der Waals surface area contributed by atoms with Crippen molar-refractivity contribution in [2.24, 2.45) is 7.05 Å². The summed E-state index contributed by atoms with van der Waals surface area (Å²) in [5.41, 5.74) is -0.460. The second-order valence-corrected chi connectivity index (χ2v) is 5.45. The Labute approximate surface area is 142 Å². The second kappa shape index (κ2) is 7.16. The summed E-state index contributed by atoms with van der Waals surface area (Å²) < 4.78 is 46.3. The normalized spacial score (nSPS) is 11.6. The third-order valence-corrected chi connectivity index (χ3v) is 3.87. The van der Waals surface area contributed by atoms with E-state index in [1.165, 1.54) is 16.8 Å². The molecule has 25 heavy (non-hydrogen) atoms. The molecule has 0 spiro atoms. The molecular formula is C17H19F3N2O3. The topological polar surface area (TPSA) is 53.2 Å². The highest BCUT2D eigenvalue weighted by atomic mass is 19.4. The summed E-state index contributed by atoms with van der Waals surface area (Å²) >= 11 is 0. The Balaban J connectivity index is 2.58. The van der Waals surface area contributed by atoms with Gasteiger partial charge in [-0.2, -0.15) is 13.2 Å². The van der Waals surface area contributed by atoms with Crippen molar-refractivity contribution in [1.82, 2.24) is 9.36 Å². The van der Waals surface area contributed by atoms with E-state index < -0.39 is 23.3 Å². The molecule has 5 nitrogen and oxygen atoms in total. The molecule has 136 valence electrons. The smallest absolute Gasteiger partial charge is 0.416 e. The fourth-order valence-corrected chi connectivity index (χ4v) is 2.78. The summed E-state index contributed by atoms with van der Waals surface area (Å²) in [7, 11) is 1.58. The van der Waals surface area contributed by atoms with Crippen molar-refractivity contribution >= 4 is 5.97 Å². The molecule has 0 saturated carbocycles. The van der Waals surface area contributed by atoms with Gasteiger partial charge in [-0.1, -0.05) is 13.0 Å². The summed E-state index contributed by atoms with van der Waals surface area (Å²) in [5.74, 6) is -0.545. The minimum absolute atomic E-state index is 0.0899. The molecule has 1 heterocycles. The average Bonchev–Trinajstić information content (AvgIpc) is 2.77. The number of alkyl halides is 3. The van der Waals surface area contributed by atoms with E-state index in [2.05, 4.69) is 0 Å². The number of ether oxygens (including phenoxy) is 1. The lowest BCUT2D eigenvalue weighted by molar-refractivity contribution is -0.142. The molecule has 0 amide bonds. The predicted octanol–water partition coefficient (Wildman–Crippen LogP) is 2.86. The molecule has 0 aliphatic carbocycles. The fourth-order valence-electron chi connectivity index (χ4n) is 2.78. The molecule has 8 heteroatoms. The van der Waals surface area contributed by atoms with Crippen molar-refractivity contribution in [2.75, 3.05) is 6.61 Å². The van der Waals surface area contributed by atoms with Crippen molar-refractivity contribution in [3.8, 4) is 5.69 Å². The summed E-state index contributed by atoms with van der Waals surface area (Å²) in [4.78, 5) is 24.5. The van der Waals surface area contributed by atoms with Gasteiger partial charge in [0.05, 0.1) is 29.8 Å². The van der Waals surface area contributed by atoms with Gasteiger partial charge >= 0.3 is 12.1 Å². The van der Waals surface area contributed by atoms with E-state index in [9.17, 15) is 22.8 Å². The Bertz CT molecular complexity index is 835. The largest absolute Gasteiger partial charge is 0.466 e. The molecule has 0 saturated heterocycles. The van der Waals surface area contributed by atoms with Gasteiger partial charge in [-0.25, -0.2) is 4.68 Å². The molecule has 2 aromatic rings. The summed E-state index contributed by atoms with van der Waals surface area (Å²) in [5, 5.41) is 0. The fraction of sp³-hybridized carbons (Fsp3) is 0.412. The molecule has 0 aliphatic rings. The number of halogens is 3. The number of hydrogen-bond acceptors (Lipinski definition) is 3. The lowest BCUT2D eigenvalue weighted by Crippen LogP contribution is -2.23. The van der Waals surface area contributed by atoms with Gasteiger partial charge in [0, 0.05) is 12.7 Å². The first-order chi connectivity index (χ1) is 11.7. The molecular weight excluding hydrogens is 337 g/mol. The highest BCUT2D eigenvalue weighted by Crippen LogP contribution is 2.30. The Morgan fingerprint density at radius 1 is 1.24 bits per heavy atom. The minimum atomic E-state index is -4.51. The number of aromatic nitrogens is 2. The predicted molar refractivity (Wildman–Crippen MR) is 85.7 cm³/mol. The number of hydrogen-bond donors (Lipinski definition) is 0. The van der Waals surface area contributed by atoms with Crippen molar-refractivity contribution in [1.29, 1.82) is 0 Å². The number of rotatable bonds is 5. The van der Waals surface area contributed by atoms with E-state index in [0.717, 1.165) is 16.8 Å². The Kier molecular flexibility index (Phi) is 5.39.